The van der Waals surface area contributed by atoms with Gasteiger partial charge < -0.3 is 16.0 Å². The Kier molecular flexibility index (Phi) is 7.91. The van der Waals surface area contributed by atoms with Gasteiger partial charge >= 0.3 is 0 Å². The van der Waals surface area contributed by atoms with E-state index < -0.39 is 10.8 Å². The van der Waals surface area contributed by atoms with Crippen LogP contribution in [0.5, 0.6) is 0 Å². The summed E-state index contributed by atoms with van der Waals surface area (Å²) < 4.78 is 0. The topological polar surface area (TPSA) is 168 Å². The number of nitrogens with one attached hydrogen (secondary N) is 1. The summed E-state index contributed by atoms with van der Waals surface area (Å²) in [6, 6.07) is 12.0. The summed E-state index contributed by atoms with van der Waals surface area (Å²) in [5.74, 6) is -0.0873. The number of nitro benzene ring substituents is 1. The van der Waals surface area contributed by atoms with Crippen molar-refractivity contribution in [2.75, 3.05) is 23.3 Å². The van der Waals surface area contributed by atoms with Crippen LogP contribution in [0, 0.1) is 21.4 Å². The van der Waals surface area contributed by atoms with E-state index in [2.05, 4.69) is 26.3 Å². The molecule has 4 rings (SSSR count). The molecular formula is C27H27N7O4. The lowest BCUT2D eigenvalue weighted by Crippen LogP contribution is -2.39. The van der Waals surface area contributed by atoms with Crippen LogP contribution in [0.25, 0.3) is 0 Å². The van der Waals surface area contributed by atoms with E-state index in [-0.39, 0.29) is 41.5 Å². The number of nitrogens with two attached hydrogens (primary N) is 1. The monoisotopic (exact) mass is 513 g/mol. The largest absolute Gasteiger partial charge is 0.381 e. The lowest BCUT2D eigenvalue weighted by molar-refractivity contribution is -0.385. The van der Waals surface area contributed by atoms with Crippen molar-refractivity contribution in [1.29, 1.82) is 5.26 Å². The first-order valence-corrected chi connectivity index (χ1v) is 12.3. The average molecular weight is 514 g/mol. The fourth-order valence-corrected chi connectivity index (χ4v) is 4.50. The number of hydrogen-bond acceptors (Lipinski definition) is 9. The minimum atomic E-state index is -0.608. The number of piperidine rings is 1. The molecule has 3 aromatic rings. The van der Waals surface area contributed by atoms with Crippen molar-refractivity contribution < 1.29 is 14.5 Å². The van der Waals surface area contributed by atoms with Gasteiger partial charge in [-0.15, -0.1) is 0 Å². The Labute approximate surface area is 219 Å². The first-order chi connectivity index (χ1) is 18.3. The number of anilines is 2. The van der Waals surface area contributed by atoms with E-state index in [0.29, 0.717) is 22.5 Å². The van der Waals surface area contributed by atoms with Crippen molar-refractivity contribution in [3.8, 4) is 6.07 Å². The molecule has 0 spiro atoms. The maximum atomic E-state index is 12.1. The molecule has 1 fully saturated rings. The van der Waals surface area contributed by atoms with Gasteiger partial charge in [0.2, 0.25) is 0 Å². The summed E-state index contributed by atoms with van der Waals surface area (Å²) in [7, 11) is 0. The predicted octanol–water partition coefficient (Wildman–Crippen LogP) is 3.62. The molecule has 1 aromatic carbocycles. The van der Waals surface area contributed by atoms with E-state index in [1.165, 1.54) is 18.3 Å². The van der Waals surface area contributed by atoms with Gasteiger partial charge in [-0.05, 0) is 42.7 Å². The number of pyridine rings is 2. The number of nitrogens with zero attached hydrogens (tertiary/aromatic N) is 5. The van der Waals surface area contributed by atoms with Gasteiger partial charge in [-0.2, -0.15) is 5.26 Å². The van der Waals surface area contributed by atoms with Gasteiger partial charge in [0.1, 0.15) is 11.9 Å². The number of nitriles is 1. The Morgan fingerprint density at radius 1 is 1.16 bits per heavy atom. The summed E-state index contributed by atoms with van der Waals surface area (Å²) in [5.41, 5.74) is 8.00. The summed E-state index contributed by atoms with van der Waals surface area (Å²) in [5, 5.41) is 23.9. The van der Waals surface area contributed by atoms with Gasteiger partial charge in [0.15, 0.2) is 5.78 Å². The van der Waals surface area contributed by atoms with Gasteiger partial charge in [0, 0.05) is 56.1 Å². The maximum absolute atomic E-state index is 12.1. The third-order valence-corrected chi connectivity index (χ3v) is 6.55. The molecule has 11 nitrogen and oxygen atoms in total. The van der Waals surface area contributed by atoms with Gasteiger partial charge in [0.05, 0.1) is 27.3 Å². The van der Waals surface area contributed by atoms with Crippen molar-refractivity contribution in [2.24, 2.45) is 5.73 Å². The summed E-state index contributed by atoms with van der Waals surface area (Å²) in [6.45, 7) is 3.15. The van der Waals surface area contributed by atoms with Crippen molar-refractivity contribution >= 4 is 28.9 Å². The second-order valence-corrected chi connectivity index (χ2v) is 9.07. The van der Waals surface area contributed by atoms with Crippen molar-refractivity contribution in [3.05, 3.63) is 86.9 Å². The first kappa shape index (κ1) is 26.2. The molecule has 194 valence electrons. The van der Waals surface area contributed by atoms with Crippen LogP contribution in [0.2, 0.25) is 0 Å². The zero-order valence-corrected chi connectivity index (χ0v) is 20.9. The molecule has 1 amide bonds. The average Bonchev–Trinajstić information content (AvgIpc) is 2.93. The number of nitro groups is 1. The SMILES string of the molecule is CCC(=O)c1ccc(Cc2cc(NC3CCN(c4ccc(C#N)cn4)CC3)c(C(N)=O)cn2)cc1[N+](=O)[O-]. The number of primary amides is 1. The van der Waals surface area contributed by atoms with Crippen molar-refractivity contribution in [1.82, 2.24) is 9.97 Å². The molecule has 11 heteroatoms. The molecule has 1 aliphatic heterocycles. The maximum Gasteiger partial charge on any atom is 0.280 e. The second-order valence-electron chi connectivity index (χ2n) is 9.07. The van der Waals surface area contributed by atoms with Crippen LogP contribution in [0.1, 0.15) is 63.7 Å². The molecule has 1 aliphatic rings. The van der Waals surface area contributed by atoms with Gasteiger partial charge in [-0.3, -0.25) is 24.7 Å². The minimum Gasteiger partial charge on any atom is -0.381 e. The fourth-order valence-electron chi connectivity index (χ4n) is 4.50. The lowest BCUT2D eigenvalue weighted by atomic mass is 10.0. The van der Waals surface area contributed by atoms with E-state index >= 15 is 0 Å². The highest BCUT2D eigenvalue weighted by Gasteiger charge is 2.23. The number of benzene rings is 1. The van der Waals surface area contributed by atoms with Crippen molar-refractivity contribution in [3.63, 3.8) is 0 Å². The molecule has 0 saturated carbocycles. The molecule has 0 unspecified atom stereocenters. The Morgan fingerprint density at radius 3 is 2.53 bits per heavy atom. The molecule has 0 bridgehead atoms. The molecule has 38 heavy (non-hydrogen) atoms. The Hall–Kier alpha value is -4.85. The number of aromatic nitrogens is 2. The molecule has 3 heterocycles. The molecule has 1 saturated heterocycles. The zero-order valence-electron chi connectivity index (χ0n) is 20.9. The molecule has 2 aromatic heterocycles. The number of Topliss-reactive ketones (excluding diaryl/α,β-unsaturated/α-hetero) is 1. The Bertz CT molecular complexity index is 1410. The van der Waals surface area contributed by atoms with E-state index in [9.17, 15) is 19.7 Å². The molecule has 0 radical (unpaired) electrons. The Morgan fingerprint density at radius 2 is 1.92 bits per heavy atom. The number of carbonyl (C=O) groups excluding carboxylic acids is 2. The number of hydrogen-bond donors (Lipinski definition) is 2. The zero-order chi connectivity index (χ0) is 27.2. The van der Waals surface area contributed by atoms with E-state index in [1.54, 1.807) is 31.3 Å². The van der Waals surface area contributed by atoms with Crippen LogP contribution in [-0.2, 0) is 6.42 Å². The number of amides is 1. The van der Waals surface area contributed by atoms with Gasteiger partial charge in [-0.1, -0.05) is 13.0 Å². The standard InChI is InChI=1S/C27H27N7O4/c1-2-25(35)21-5-3-17(12-24(21)34(37)38)11-20-13-23(22(16-30-20)27(29)36)32-19-7-9-33(10-8-19)26-6-4-18(14-28)15-31-26/h3-6,12-13,15-16,19H,2,7-11H2,1H3,(H2,29,36)(H,30,32). The predicted molar refractivity (Wildman–Crippen MR) is 141 cm³/mol. The van der Waals surface area contributed by atoms with Crippen molar-refractivity contribution in [2.45, 2.75) is 38.6 Å². The second kappa shape index (κ2) is 11.5. The van der Waals surface area contributed by atoms with Crippen LogP contribution in [0.3, 0.4) is 0 Å². The number of rotatable bonds is 9. The van der Waals surface area contributed by atoms with Crippen LogP contribution < -0.4 is 16.0 Å². The van der Waals surface area contributed by atoms with Gasteiger partial charge in [-0.25, -0.2) is 4.98 Å². The summed E-state index contributed by atoms with van der Waals surface area (Å²) >= 11 is 0. The third-order valence-electron chi connectivity index (χ3n) is 6.55. The highest BCUT2D eigenvalue weighted by atomic mass is 16.6. The van der Waals surface area contributed by atoms with E-state index in [0.717, 1.165) is 31.7 Å². The first-order valence-electron chi connectivity index (χ1n) is 12.3. The molecule has 0 atom stereocenters. The van der Waals surface area contributed by atoms with E-state index in [4.69, 9.17) is 11.0 Å². The van der Waals surface area contributed by atoms with Crippen LogP contribution in [-0.4, -0.2) is 45.7 Å². The summed E-state index contributed by atoms with van der Waals surface area (Å²) in [6.07, 6.45) is 5.00. The van der Waals surface area contributed by atoms with Crippen LogP contribution in [0.15, 0.2) is 48.8 Å². The molecule has 0 aliphatic carbocycles. The quantitative estimate of drug-likeness (QED) is 0.246. The molecule has 3 N–H and O–H groups in total. The Balaban J connectivity index is 1.49. The van der Waals surface area contributed by atoms with Crippen LogP contribution >= 0.6 is 0 Å². The highest BCUT2D eigenvalue weighted by Crippen LogP contribution is 2.26. The number of carbonyl (C=O) groups is 2. The third kappa shape index (κ3) is 5.92. The number of ketones is 1. The highest BCUT2D eigenvalue weighted by molar-refractivity contribution is 6.00. The smallest absolute Gasteiger partial charge is 0.280 e. The van der Waals surface area contributed by atoms with E-state index in [1.807, 2.05) is 6.07 Å². The normalized spacial score (nSPS) is 13.5. The minimum absolute atomic E-state index is 0.0819. The van der Waals surface area contributed by atoms with Crippen LogP contribution in [0.4, 0.5) is 17.2 Å². The fraction of sp³-hybridized carbons (Fsp3) is 0.296. The molecular weight excluding hydrogens is 486 g/mol. The summed E-state index contributed by atoms with van der Waals surface area (Å²) in [4.78, 5) is 46.0. The van der Waals surface area contributed by atoms with Gasteiger partial charge in [0.25, 0.3) is 11.6 Å². The lowest BCUT2D eigenvalue weighted by Gasteiger charge is -2.34.